The summed E-state index contributed by atoms with van der Waals surface area (Å²) in [5, 5.41) is 0.342. The number of rotatable bonds is 3. The Morgan fingerprint density at radius 3 is 3.21 bits per heavy atom. The molecule has 0 aromatic carbocycles. The summed E-state index contributed by atoms with van der Waals surface area (Å²) in [7, 11) is 0. The predicted octanol–water partition coefficient (Wildman–Crippen LogP) is 1.90. The highest BCUT2D eigenvalue weighted by molar-refractivity contribution is 6.33. The van der Waals surface area contributed by atoms with Crippen molar-refractivity contribution in [3.8, 4) is 0 Å². The van der Waals surface area contributed by atoms with Crippen LogP contribution in [0.5, 0.6) is 0 Å². The third kappa shape index (κ3) is 2.44. The van der Waals surface area contributed by atoms with Gasteiger partial charge >= 0.3 is 5.97 Å². The minimum absolute atomic E-state index is 0.251. The Hall–Kier alpha value is -1.95. The molecule has 0 bridgehead atoms. The third-order valence-corrected chi connectivity index (χ3v) is 3.23. The average Bonchev–Trinajstić information content (AvgIpc) is 2.98. The monoisotopic (exact) mass is 278 g/mol. The number of nitrogens with zero attached hydrogens (tertiary/aromatic N) is 4. The molecule has 0 radical (unpaired) electrons. The number of carbonyl (C=O) groups excluding carboxylic acids is 1. The van der Waals surface area contributed by atoms with Gasteiger partial charge in [0.15, 0.2) is 10.8 Å². The van der Waals surface area contributed by atoms with E-state index < -0.39 is 0 Å². The first-order chi connectivity index (χ1) is 9.15. The van der Waals surface area contributed by atoms with Crippen molar-refractivity contribution in [2.45, 2.75) is 13.3 Å². The zero-order chi connectivity index (χ0) is 13.4. The van der Waals surface area contributed by atoms with Crippen LogP contribution in [-0.2, 0) is 9.53 Å². The molecule has 0 saturated heterocycles. The molecule has 0 amide bonds. The number of ether oxygens (including phenoxy) is 1. The zero-order valence-corrected chi connectivity index (χ0v) is 11.0. The number of imidazole rings is 1. The molecule has 2 heterocycles. The van der Waals surface area contributed by atoms with Crippen LogP contribution in [0.4, 0.5) is 0 Å². The van der Waals surface area contributed by atoms with Gasteiger partial charge in [-0.05, 0) is 12.0 Å². The maximum absolute atomic E-state index is 10.7. The van der Waals surface area contributed by atoms with E-state index in [4.69, 9.17) is 16.3 Å². The minimum atomic E-state index is -0.251. The van der Waals surface area contributed by atoms with E-state index in [-0.39, 0.29) is 5.97 Å². The Labute approximate surface area is 114 Å². The fourth-order valence-corrected chi connectivity index (χ4v) is 2.04. The van der Waals surface area contributed by atoms with Gasteiger partial charge in [0.05, 0.1) is 6.61 Å². The fourth-order valence-electron chi connectivity index (χ4n) is 1.86. The molecular weight excluding hydrogens is 268 g/mol. The molecule has 1 aliphatic carbocycles. The van der Waals surface area contributed by atoms with Crippen LogP contribution >= 0.6 is 11.6 Å². The molecule has 1 saturated carbocycles. The van der Waals surface area contributed by atoms with E-state index in [0.717, 1.165) is 6.42 Å². The molecule has 6 nitrogen and oxygen atoms in total. The quantitative estimate of drug-likeness (QED) is 0.633. The Balaban J connectivity index is 1.80. The van der Waals surface area contributed by atoms with Crippen LogP contribution in [0.2, 0.25) is 5.15 Å². The van der Waals surface area contributed by atoms with E-state index in [0.29, 0.717) is 28.8 Å². The number of aromatic nitrogens is 4. The van der Waals surface area contributed by atoms with E-state index in [1.807, 2.05) is 10.8 Å². The lowest BCUT2D eigenvalue weighted by molar-refractivity contribution is -0.141. The summed E-state index contributed by atoms with van der Waals surface area (Å²) in [6, 6.07) is 0. The molecule has 1 atom stereocenters. The van der Waals surface area contributed by atoms with Gasteiger partial charge in [0.25, 0.3) is 0 Å². The second-order valence-electron chi connectivity index (χ2n) is 4.40. The Morgan fingerprint density at radius 1 is 1.58 bits per heavy atom. The summed E-state index contributed by atoms with van der Waals surface area (Å²) < 4.78 is 6.78. The molecule has 98 valence electrons. The van der Waals surface area contributed by atoms with Gasteiger partial charge in [0.2, 0.25) is 0 Å². The summed E-state index contributed by atoms with van der Waals surface area (Å²) in [5.74, 6) is 0.0533. The van der Waals surface area contributed by atoms with E-state index in [1.165, 1.54) is 18.8 Å². The normalized spacial score (nSPS) is 19.9. The summed E-state index contributed by atoms with van der Waals surface area (Å²) >= 11 is 5.93. The van der Waals surface area contributed by atoms with Crippen molar-refractivity contribution in [3.63, 3.8) is 0 Å². The predicted molar refractivity (Wildman–Crippen MR) is 69.3 cm³/mol. The molecule has 1 aliphatic rings. The molecule has 19 heavy (non-hydrogen) atoms. The Kier molecular flexibility index (Phi) is 2.94. The molecule has 2 aromatic heterocycles. The molecule has 2 aromatic rings. The SMILES string of the molecule is CC(=O)OC[C@H]1C/C1=C/n1cnc2c(Cl)ncnc21. The number of hydrogen-bond acceptors (Lipinski definition) is 5. The Bertz CT molecular complexity index is 679. The smallest absolute Gasteiger partial charge is 0.302 e. The average molecular weight is 279 g/mol. The number of hydrogen-bond donors (Lipinski definition) is 0. The topological polar surface area (TPSA) is 69.9 Å². The number of halogens is 1. The van der Waals surface area contributed by atoms with E-state index in [1.54, 1.807) is 6.33 Å². The van der Waals surface area contributed by atoms with Crippen molar-refractivity contribution in [3.05, 3.63) is 23.4 Å². The van der Waals surface area contributed by atoms with Crippen molar-refractivity contribution >= 4 is 34.9 Å². The summed E-state index contributed by atoms with van der Waals surface area (Å²) in [4.78, 5) is 22.9. The van der Waals surface area contributed by atoms with Crippen LogP contribution in [-0.4, -0.2) is 32.1 Å². The second-order valence-corrected chi connectivity index (χ2v) is 4.75. The van der Waals surface area contributed by atoms with Gasteiger partial charge in [-0.1, -0.05) is 11.6 Å². The van der Waals surface area contributed by atoms with Crippen molar-refractivity contribution in [2.24, 2.45) is 5.92 Å². The van der Waals surface area contributed by atoms with Crippen LogP contribution in [0.1, 0.15) is 13.3 Å². The van der Waals surface area contributed by atoms with E-state index >= 15 is 0 Å². The van der Waals surface area contributed by atoms with Crippen LogP contribution in [0.3, 0.4) is 0 Å². The lowest BCUT2D eigenvalue weighted by Crippen LogP contribution is -2.01. The maximum Gasteiger partial charge on any atom is 0.302 e. The minimum Gasteiger partial charge on any atom is -0.465 e. The highest BCUT2D eigenvalue weighted by Crippen LogP contribution is 2.38. The van der Waals surface area contributed by atoms with Crippen molar-refractivity contribution < 1.29 is 9.53 Å². The van der Waals surface area contributed by atoms with Crippen molar-refractivity contribution in [1.82, 2.24) is 19.5 Å². The van der Waals surface area contributed by atoms with Gasteiger partial charge in [-0.2, -0.15) is 0 Å². The van der Waals surface area contributed by atoms with Crippen LogP contribution in [0.25, 0.3) is 17.4 Å². The van der Waals surface area contributed by atoms with Gasteiger partial charge < -0.3 is 4.74 Å². The van der Waals surface area contributed by atoms with Gasteiger partial charge in [0.1, 0.15) is 18.2 Å². The standard InChI is InChI=1S/C12H11ClN4O2/c1-7(18)19-4-9-2-8(9)3-17-6-16-10-11(13)14-5-15-12(10)17/h3,5-6,9H,2,4H2,1H3/b8-3-/t9-/m1/s1. The first kappa shape index (κ1) is 12.1. The van der Waals surface area contributed by atoms with Crippen molar-refractivity contribution in [1.29, 1.82) is 0 Å². The molecule has 7 heteroatoms. The second kappa shape index (κ2) is 4.62. The molecule has 0 N–H and O–H groups in total. The lowest BCUT2D eigenvalue weighted by Gasteiger charge is -1.97. The highest BCUT2D eigenvalue weighted by atomic mass is 35.5. The number of fused-ring (bicyclic) bond motifs is 1. The summed E-state index contributed by atoms with van der Waals surface area (Å²) in [5.41, 5.74) is 2.46. The summed E-state index contributed by atoms with van der Waals surface area (Å²) in [6.45, 7) is 1.84. The first-order valence-corrected chi connectivity index (χ1v) is 6.20. The van der Waals surface area contributed by atoms with Crippen LogP contribution in [0, 0.1) is 5.92 Å². The first-order valence-electron chi connectivity index (χ1n) is 5.82. The van der Waals surface area contributed by atoms with E-state index in [9.17, 15) is 4.79 Å². The lowest BCUT2D eigenvalue weighted by atomic mass is 10.4. The summed E-state index contributed by atoms with van der Waals surface area (Å²) in [6.07, 6.45) is 5.93. The molecule has 1 fully saturated rings. The molecule has 0 unspecified atom stereocenters. The van der Waals surface area contributed by atoms with Gasteiger partial charge in [-0.15, -0.1) is 0 Å². The number of carbonyl (C=O) groups is 1. The van der Waals surface area contributed by atoms with Gasteiger partial charge in [0, 0.05) is 19.0 Å². The van der Waals surface area contributed by atoms with Crippen LogP contribution < -0.4 is 0 Å². The largest absolute Gasteiger partial charge is 0.465 e. The molecule has 3 rings (SSSR count). The molecular formula is C12H11ClN4O2. The molecule has 0 aliphatic heterocycles. The van der Waals surface area contributed by atoms with E-state index in [2.05, 4.69) is 15.0 Å². The van der Waals surface area contributed by atoms with Crippen molar-refractivity contribution in [2.75, 3.05) is 6.61 Å². The zero-order valence-electron chi connectivity index (χ0n) is 10.2. The van der Waals surface area contributed by atoms with Crippen LogP contribution in [0.15, 0.2) is 18.2 Å². The molecule has 0 spiro atoms. The van der Waals surface area contributed by atoms with Gasteiger partial charge in [-0.3, -0.25) is 9.36 Å². The number of esters is 1. The fraction of sp³-hybridized carbons (Fsp3) is 0.333. The Morgan fingerprint density at radius 2 is 2.42 bits per heavy atom. The maximum atomic E-state index is 10.7. The van der Waals surface area contributed by atoms with Gasteiger partial charge in [-0.25, -0.2) is 15.0 Å². The third-order valence-electron chi connectivity index (χ3n) is 2.95. The highest BCUT2D eigenvalue weighted by Gasteiger charge is 2.31.